The van der Waals surface area contributed by atoms with Crippen molar-refractivity contribution < 1.29 is 18.7 Å². The summed E-state index contributed by atoms with van der Waals surface area (Å²) in [6, 6.07) is 4.21. The molecule has 1 amide bonds. The summed E-state index contributed by atoms with van der Waals surface area (Å²) in [5, 5.41) is 15.4. The lowest BCUT2D eigenvalue weighted by Gasteiger charge is -2.31. The Hall–Kier alpha value is -3.69. The van der Waals surface area contributed by atoms with Gasteiger partial charge >= 0.3 is 0 Å². The molecule has 1 aromatic heterocycles. The topological polar surface area (TPSA) is 140 Å². The summed E-state index contributed by atoms with van der Waals surface area (Å²) in [6.45, 7) is 0.854. The number of amides is 1. The molecule has 33 heavy (non-hydrogen) atoms. The highest BCUT2D eigenvalue weighted by molar-refractivity contribution is 6.44. The average Bonchev–Trinajstić information content (AvgIpc) is 2.82. The molecule has 1 aliphatic rings. The smallest absolute Gasteiger partial charge is 0.258 e. The highest BCUT2D eigenvalue weighted by Crippen LogP contribution is 2.20. The molecule has 2 aromatic rings. The number of H-pyrrole nitrogens is 1. The standard InChI is InChI=1S/C23H26FN5O4/c1-33-18(26)9-8-17(25)22(31)14-10-12-29(13-11-14)20(30)7-3-6-19-27-21-15(23(32)28-19)4-2-5-16(21)24/h2,4-5,8-9,14,25-26H,3,6-7,10-13H2,1H3,(H,27,28,32)/b9-8-,25-17?,26-18?. The van der Waals surface area contributed by atoms with Crippen molar-refractivity contribution >= 4 is 34.2 Å². The van der Waals surface area contributed by atoms with Gasteiger partial charge in [-0.25, -0.2) is 9.37 Å². The molecule has 0 atom stereocenters. The van der Waals surface area contributed by atoms with Gasteiger partial charge in [0.1, 0.15) is 17.2 Å². The molecule has 0 unspecified atom stereocenters. The van der Waals surface area contributed by atoms with Crippen LogP contribution in [0.15, 0.2) is 35.1 Å². The third-order valence-electron chi connectivity index (χ3n) is 5.65. The van der Waals surface area contributed by atoms with Crippen LogP contribution in [0.25, 0.3) is 10.9 Å². The van der Waals surface area contributed by atoms with Crippen LogP contribution >= 0.6 is 0 Å². The van der Waals surface area contributed by atoms with Crippen LogP contribution in [0.5, 0.6) is 0 Å². The quantitative estimate of drug-likeness (QED) is 0.414. The number of rotatable bonds is 8. The van der Waals surface area contributed by atoms with Crippen LogP contribution in [0.3, 0.4) is 0 Å². The number of Topliss-reactive ketones (excluding diaryl/α,β-unsaturated/α-hetero) is 1. The maximum atomic E-state index is 13.9. The van der Waals surface area contributed by atoms with Gasteiger partial charge in [-0.15, -0.1) is 0 Å². The minimum absolute atomic E-state index is 0.0220. The number of nitrogens with zero attached hydrogens (tertiary/aromatic N) is 2. The number of benzene rings is 1. The van der Waals surface area contributed by atoms with Crippen LogP contribution in [0.4, 0.5) is 4.39 Å². The van der Waals surface area contributed by atoms with E-state index in [-0.39, 0.29) is 46.5 Å². The Morgan fingerprint density at radius 3 is 2.70 bits per heavy atom. The van der Waals surface area contributed by atoms with Gasteiger partial charge in [-0.3, -0.25) is 25.2 Å². The van der Waals surface area contributed by atoms with Crippen LogP contribution in [0.2, 0.25) is 0 Å². The SMILES string of the molecule is COC(=N)/C=C\C(=N)C(=O)C1CCN(C(=O)CCCc2nc3c(F)cccc3c(=O)[nH]2)CC1. The minimum atomic E-state index is -0.561. The van der Waals surface area contributed by atoms with Crippen molar-refractivity contribution in [3.8, 4) is 0 Å². The molecule has 0 spiro atoms. The molecule has 2 heterocycles. The molecule has 1 saturated heterocycles. The first-order valence-electron chi connectivity index (χ1n) is 10.7. The fraction of sp³-hybridized carbons (Fsp3) is 0.391. The van der Waals surface area contributed by atoms with Crippen LogP contribution in [-0.2, 0) is 20.7 Å². The highest BCUT2D eigenvalue weighted by atomic mass is 19.1. The summed E-state index contributed by atoms with van der Waals surface area (Å²) in [4.78, 5) is 45.6. The molecule has 0 saturated carbocycles. The molecule has 10 heteroatoms. The van der Waals surface area contributed by atoms with Gasteiger partial charge in [0.05, 0.1) is 18.2 Å². The van der Waals surface area contributed by atoms with Gasteiger partial charge in [0.2, 0.25) is 11.8 Å². The zero-order chi connectivity index (χ0) is 24.0. The Bertz CT molecular complexity index is 1170. The zero-order valence-corrected chi connectivity index (χ0v) is 18.3. The number of ether oxygens (including phenoxy) is 1. The fourth-order valence-electron chi connectivity index (χ4n) is 3.78. The van der Waals surface area contributed by atoms with E-state index in [2.05, 4.69) is 14.7 Å². The Balaban J connectivity index is 1.47. The van der Waals surface area contributed by atoms with E-state index in [1.165, 1.54) is 37.5 Å². The van der Waals surface area contributed by atoms with Gasteiger partial charge in [0.15, 0.2) is 5.78 Å². The average molecular weight is 455 g/mol. The van der Waals surface area contributed by atoms with Gasteiger partial charge in [0, 0.05) is 37.9 Å². The Kier molecular flexibility index (Phi) is 7.81. The maximum absolute atomic E-state index is 13.9. The van der Waals surface area contributed by atoms with E-state index in [4.69, 9.17) is 10.8 Å². The number of aryl methyl sites for hydroxylation is 1. The summed E-state index contributed by atoms with van der Waals surface area (Å²) in [6.07, 6.45) is 4.48. The number of fused-ring (bicyclic) bond motifs is 1. The van der Waals surface area contributed by atoms with E-state index in [1.807, 2.05) is 0 Å². The fourth-order valence-corrected chi connectivity index (χ4v) is 3.78. The van der Waals surface area contributed by atoms with Crippen molar-refractivity contribution in [1.29, 1.82) is 10.8 Å². The molecule has 0 radical (unpaired) electrons. The van der Waals surface area contributed by atoms with Crippen molar-refractivity contribution in [1.82, 2.24) is 14.9 Å². The molecule has 0 aliphatic carbocycles. The Labute approximate surface area is 189 Å². The number of ketones is 1. The summed E-state index contributed by atoms with van der Waals surface area (Å²) in [7, 11) is 1.34. The summed E-state index contributed by atoms with van der Waals surface area (Å²) >= 11 is 0. The number of hydrogen-bond donors (Lipinski definition) is 3. The van der Waals surface area contributed by atoms with E-state index >= 15 is 0 Å². The first kappa shape index (κ1) is 24.0. The third kappa shape index (κ3) is 5.97. The van der Waals surface area contributed by atoms with Crippen LogP contribution < -0.4 is 5.56 Å². The first-order chi connectivity index (χ1) is 15.8. The second-order valence-electron chi connectivity index (χ2n) is 7.84. The van der Waals surface area contributed by atoms with E-state index < -0.39 is 11.4 Å². The molecule has 9 nitrogen and oxygen atoms in total. The molecule has 3 N–H and O–H groups in total. The van der Waals surface area contributed by atoms with Gasteiger partial charge in [-0.2, -0.15) is 0 Å². The van der Waals surface area contributed by atoms with Crippen LogP contribution in [-0.4, -0.2) is 58.4 Å². The number of hydrogen-bond acceptors (Lipinski definition) is 7. The second-order valence-corrected chi connectivity index (χ2v) is 7.84. The second kappa shape index (κ2) is 10.8. The number of likely N-dealkylation sites (tertiary alicyclic amines) is 1. The molecule has 174 valence electrons. The normalized spacial score (nSPS) is 14.5. The van der Waals surface area contributed by atoms with Crippen molar-refractivity contribution in [3.63, 3.8) is 0 Å². The summed E-state index contributed by atoms with van der Waals surface area (Å²) < 4.78 is 18.6. The van der Waals surface area contributed by atoms with Crippen LogP contribution in [0, 0.1) is 22.6 Å². The minimum Gasteiger partial charge on any atom is -0.481 e. The lowest BCUT2D eigenvalue weighted by Crippen LogP contribution is -2.41. The predicted octanol–water partition coefficient (Wildman–Crippen LogP) is 2.39. The zero-order valence-electron chi connectivity index (χ0n) is 18.3. The van der Waals surface area contributed by atoms with Gasteiger partial charge in [-0.1, -0.05) is 6.07 Å². The molecule has 1 fully saturated rings. The molecule has 1 aliphatic heterocycles. The maximum Gasteiger partial charge on any atom is 0.258 e. The number of para-hydroxylation sites is 1. The van der Waals surface area contributed by atoms with Gasteiger partial charge < -0.3 is 14.6 Å². The lowest BCUT2D eigenvalue weighted by molar-refractivity contribution is -0.134. The molecular weight excluding hydrogens is 429 g/mol. The van der Waals surface area contributed by atoms with E-state index in [9.17, 15) is 18.8 Å². The van der Waals surface area contributed by atoms with E-state index in [0.717, 1.165) is 0 Å². The van der Waals surface area contributed by atoms with Crippen LogP contribution in [0.1, 0.15) is 31.5 Å². The number of aromatic nitrogens is 2. The van der Waals surface area contributed by atoms with Crippen molar-refractivity contribution in [2.45, 2.75) is 32.1 Å². The number of nitrogens with one attached hydrogen (secondary N) is 3. The number of halogens is 1. The van der Waals surface area contributed by atoms with Crippen molar-refractivity contribution in [3.05, 3.63) is 52.3 Å². The first-order valence-corrected chi connectivity index (χ1v) is 10.7. The van der Waals surface area contributed by atoms with E-state index in [1.54, 1.807) is 4.90 Å². The lowest BCUT2D eigenvalue weighted by atomic mass is 9.90. The number of carbonyl (C=O) groups excluding carboxylic acids is 2. The number of aromatic amines is 1. The molecular formula is C23H26FN5O4. The Morgan fingerprint density at radius 1 is 1.27 bits per heavy atom. The molecule has 1 aromatic carbocycles. The Morgan fingerprint density at radius 2 is 2.00 bits per heavy atom. The van der Waals surface area contributed by atoms with Gasteiger partial charge in [0.25, 0.3) is 5.56 Å². The number of methoxy groups -OCH3 is 1. The largest absolute Gasteiger partial charge is 0.481 e. The predicted molar refractivity (Wildman–Crippen MR) is 121 cm³/mol. The molecule has 3 rings (SSSR count). The number of carbonyl (C=O) groups is 2. The number of allylic oxidation sites excluding steroid dienone is 1. The van der Waals surface area contributed by atoms with Crippen molar-refractivity contribution in [2.24, 2.45) is 5.92 Å². The summed E-state index contributed by atoms with van der Waals surface area (Å²) in [5.74, 6) is -1.05. The monoisotopic (exact) mass is 455 g/mol. The highest BCUT2D eigenvalue weighted by Gasteiger charge is 2.28. The van der Waals surface area contributed by atoms with E-state index in [0.29, 0.717) is 44.6 Å². The molecule has 0 bridgehead atoms. The third-order valence-corrected chi connectivity index (χ3v) is 5.65. The number of piperidine rings is 1. The van der Waals surface area contributed by atoms with Crippen molar-refractivity contribution in [2.75, 3.05) is 20.2 Å². The summed E-state index contributed by atoms with van der Waals surface area (Å²) in [5.41, 5.74) is -0.573. The van der Waals surface area contributed by atoms with Gasteiger partial charge in [-0.05, 0) is 37.5 Å².